The molecule has 0 heterocycles. The van der Waals surface area contributed by atoms with Crippen molar-refractivity contribution in [1.82, 2.24) is 0 Å². The van der Waals surface area contributed by atoms with Crippen LogP contribution < -0.4 is 0 Å². The lowest BCUT2D eigenvalue weighted by molar-refractivity contribution is 1.37. The average molecular weight is 178 g/mol. The molecule has 1 aromatic rings. The van der Waals surface area contributed by atoms with Crippen LogP contribution in [0, 0.1) is 6.92 Å². The zero-order valence-corrected chi connectivity index (χ0v) is 8.45. The predicted molar refractivity (Wildman–Crippen MR) is 57.3 cm³/mol. The summed E-state index contributed by atoms with van der Waals surface area (Å²) in [6.07, 6.45) is 0. The van der Waals surface area contributed by atoms with E-state index in [0.717, 1.165) is 5.75 Å². The Labute approximate surface area is 78.7 Å². The highest BCUT2D eigenvalue weighted by Crippen LogP contribution is 2.18. The van der Waals surface area contributed by atoms with Gasteiger partial charge in [0.25, 0.3) is 0 Å². The van der Waals surface area contributed by atoms with E-state index in [4.69, 9.17) is 0 Å². The van der Waals surface area contributed by atoms with Crippen LogP contribution in [0.1, 0.15) is 18.1 Å². The van der Waals surface area contributed by atoms with E-state index in [1.807, 2.05) is 6.92 Å². The third-order valence-corrected chi connectivity index (χ3v) is 2.58. The first-order valence-corrected chi connectivity index (χ1v) is 5.01. The molecule has 0 spiro atoms. The second kappa shape index (κ2) is 4.36. The molecule has 0 saturated heterocycles. The molecule has 0 N–H and O–H groups in total. The molecule has 0 atom stereocenters. The van der Waals surface area contributed by atoms with Gasteiger partial charge < -0.3 is 0 Å². The lowest BCUT2D eigenvalue weighted by Gasteiger charge is -2.00. The molecule has 0 aromatic heterocycles. The van der Waals surface area contributed by atoms with Crippen molar-refractivity contribution in [2.24, 2.45) is 0 Å². The maximum absolute atomic E-state index is 3.85. The van der Waals surface area contributed by atoms with Crippen LogP contribution in [0.3, 0.4) is 0 Å². The van der Waals surface area contributed by atoms with E-state index in [2.05, 4.69) is 37.8 Å². The van der Waals surface area contributed by atoms with Gasteiger partial charge >= 0.3 is 0 Å². The summed E-state index contributed by atoms with van der Waals surface area (Å²) in [4.78, 5) is 1.18. The summed E-state index contributed by atoms with van der Waals surface area (Å²) in [7, 11) is 0. The van der Waals surface area contributed by atoms with Gasteiger partial charge in [0, 0.05) is 5.75 Å². The Morgan fingerprint density at radius 3 is 2.42 bits per heavy atom. The summed E-state index contributed by atoms with van der Waals surface area (Å²) in [6.45, 7) is 8.00. The molecule has 0 saturated carbocycles. The number of hydrogen-bond donors (Lipinski definition) is 0. The quantitative estimate of drug-likeness (QED) is 0.679. The summed E-state index contributed by atoms with van der Waals surface area (Å²) >= 11 is 1.80. The van der Waals surface area contributed by atoms with E-state index < -0.39 is 0 Å². The van der Waals surface area contributed by atoms with Crippen molar-refractivity contribution >= 4 is 11.8 Å². The standard InChI is InChI=1S/C11H14S/c1-9(2)12-8-11-6-4-10(3)5-7-11/h4-7H,1,8H2,2-3H3. The minimum atomic E-state index is 1.04. The van der Waals surface area contributed by atoms with E-state index in [9.17, 15) is 0 Å². The lowest BCUT2D eigenvalue weighted by atomic mass is 10.2. The molecule has 0 amide bonds. The second-order valence-electron chi connectivity index (χ2n) is 2.98. The summed E-state index contributed by atoms with van der Waals surface area (Å²) in [6, 6.07) is 8.64. The first-order valence-electron chi connectivity index (χ1n) is 4.02. The van der Waals surface area contributed by atoms with E-state index in [1.165, 1.54) is 16.0 Å². The lowest BCUT2D eigenvalue weighted by Crippen LogP contribution is -1.79. The van der Waals surface area contributed by atoms with Crippen LogP contribution in [0.2, 0.25) is 0 Å². The maximum atomic E-state index is 3.85. The minimum Gasteiger partial charge on any atom is -0.127 e. The fourth-order valence-corrected chi connectivity index (χ4v) is 1.50. The van der Waals surface area contributed by atoms with Crippen LogP contribution in [0.4, 0.5) is 0 Å². The Balaban J connectivity index is 2.53. The molecule has 1 rings (SSSR count). The summed E-state index contributed by atoms with van der Waals surface area (Å²) in [5.41, 5.74) is 2.69. The largest absolute Gasteiger partial charge is 0.127 e. The summed E-state index contributed by atoms with van der Waals surface area (Å²) < 4.78 is 0. The van der Waals surface area contributed by atoms with Crippen molar-refractivity contribution in [1.29, 1.82) is 0 Å². The number of rotatable bonds is 3. The zero-order valence-electron chi connectivity index (χ0n) is 7.63. The van der Waals surface area contributed by atoms with Gasteiger partial charge in [-0.3, -0.25) is 0 Å². The minimum absolute atomic E-state index is 1.04. The fraction of sp³-hybridized carbons (Fsp3) is 0.273. The molecule has 64 valence electrons. The van der Waals surface area contributed by atoms with E-state index in [1.54, 1.807) is 11.8 Å². The zero-order chi connectivity index (χ0) is 8.97. The third-order valence-electron chi connectivity index (χ3n) is 1.61. The normalized spacial score (nSPS) is 9.83. The van der Waals surface area contributed by atoms with Crippen LogP contribution in [0.15, 0.2) is 35.7 Å². The van der Waals surface area contributed by atoms with Crippen molar-refractivity contribution in [3.8, 4) is 0 Å². The Bertz CT molecular complexity index is 259. The van der Waals surface area contributed by atoms with Gasteiger partial charge in [0.2, 0.25) is 0 Å². The molecule has 0 aliphatic heterocycles. The van der Waals surface area contributed by atoms with Gasteiger partial charge in [-0.05, 0) is 24.3 Å². The Morgan fingerprint density at radius 2 is 1.92 bits per heavy atom. The Morgan fingerprint density at radius 1 is 1.33 bits per heavy atom. The van der Waals surface area contributed by atoms with Crippen molar-refractivity contribution in [2.75, 3.05) is 0 Å². The summed E-state index contributed by atoms with van der Waals surface area (Å²) in [5.74, 6) is 1.04. The smallest absolute Gasteiger partial charge is 0.0228 e. The highest BCUT2D eigenvalue weighted by molar-refractivity contribution is 8.02. The molecule has 0 unspecified atom stereocenters. The topological polar surface area (TPSA) is 0 Å². The summed E-state index contributed by atoms with van der Waals surface area (Å²) in [5, 5.41) is 0. The van der Waals surface area contributed by atoms with Crippen molar-refractivity contribution in [2.45, 2.75) is 19.6 Å². The molecule has 0 bridgehead atoms. The van der Waals surface area contributed by atoms with Crippen molar-refractivity contribution in [3.05, 3.63) is 46.9 Å². The molecule has 0 aliphatic rings. The second-order valence-corrected chi connectivity index (χ2v) is 4.25. The van der Waals surface area contributed by atoms with Crippen LogP contribution in [0.25, 0.3) is 0 Å². The highest BCUT2D eigenvalue weighted by atomic mass is 32.2. The van der Waals surface area contributed by atoms with Gasteiger partial charge in [0.05, 0.1) is 0 Å². The van der Waals surface area contributed by atoms with Gasteiger partial charge in [-0.2, -0.15) is 0 Å². The first kappa shape index (κ1) is 9.40. The average Bonchev–Trinajstić information content (AvgIpc) is 2.03. The van der Waals surface area contributed by atoms with Crippen LogP contribution in [0.5, 0.6) is 0 Å². The van der Waals surface area contributed by atoms with Crippen LogP contribution >= 0.6 is 11.8 Å². The number of thioether (sulfide) groups is 1. The number of hydrogen-bond acceptors (Lipinski definition) is 1. The monoisotopic (exact) mass is 178 g/mol. The molecule has 0 aliphatic carbocycles. The van der Waals surface area contributed by atoms with Gasteiger partial charge in [0.15, 0.2) is 0 Å². The predicted octanol–water partition coefficient (Wildman–Crippen LogP) is 3.76. The van der Waals surface area contributed by atoms with Gasteiger partial charge in [-0.1, -0.05) is 36.4 Å². The highest BCUT2D eigenvalue weighted by Gasteiger charge is 1.92. The van der Waals surface area contributed by atoms with E-state index >= 15 is 0 Å². The SMILES string of the molecule is C=C(C)SCc1ccc(C)cc1. The van der Waals surface area contributed by atoms with E-state index in [0.29, 0.717) is 0 Å². The third kappa shape index (κ3) is 3.14. The molecular weight excluding hydrogens is 164 g/mol. The molecule has 0 nitrogen and oxygen atoms in total. The number of allylic oxidation sites excluding steroid dienone is 1. The number of benzene rings is 1. The van der Waals surface area contributed by atoms with Crippen molar-refractivity contribution in [3.63, 3.8) is 0 Å². The van der Waals surface area contributed by atoms with Gasteiger partial charge in [-0.25, -0.2) is 0 Å². The van der Waals surface area contributed by atoms with Gasteiger partial charge in [0.1, 0.15) is 0 Å². The maximum Gasteiger partial charge on any atom is 0.0228 e. The molecule has 1 aromatic carbocycles. The van der Waals surface area contributed by atoms with E-state index in [-0.39, 0.29) is 0 Å². The van der Waals surface area contributed by atoms with Gasteiger partial charge in [-0.15, -0.1) is 11.8 Å². The Kier molecular flexibility index (Phi) is 3.42. The molecular formula is C11H14S. The van der Waals surface area contributed by atoms with Crippen LogP contribution in [-0.4, -0.2) is 0 Å². The first-order chi connectivity index (χ1) is 5.68. The number of aryl methyl sites for hydroxylation is 1. The van der Waals surface area contributed by atoms with Crippen molar-refractivity contribution < 1.29 is 0 Å². The van der Waals surface area contributed by atoms with Crippen LogP contribution in [-0.2, 0) is 5.75 Å². The fourth-order valence-electron chi connectivity index (χ4n) is 0.891. The molecule has 12 heavy (non-hydrogen) atoms. The molecule has 0 radical (unpaired) electrons. The molecule has 0 fully saturated rings. The molecule has 1 heteroatoms. The Hall–Kier alpha value is -0.690.